The minimum Gasteiger partial charge on any atom is -0.311 e. The van der Waals surface area contributed by atoms with Gasteiger partial charge in [-0.25, -0.2) is 0 Å². The number of rotatable bonds is 12. The van der Waals surface area contributed by atoms with Crippen LogP contribution in [0.4, 0.5) is 17.1 Å². The highest BCUT2D eigenvalue weighted by Crippen LogP contribution is 2.47. The number of unbranched alkanes of at least 4 members (excludes halogenated alkanes) is 3. The quantitative estimate of drug-likeness (QED) is 0.115. The SMILES string of the molecule is CCCCc1cc(CCCC)c(N2c3ccc(-c4ccccc4)cc3B3c4cc(-c5ccccc5)ccc4Sc4cc(C(C)(C)C)cc2c43)c(CCCC)c1. The van der Waals surface area contributed by atoms with Crippen LogP contribution in [0.25, 0.3) is 22.3 Å². The van der Waals surface area contributed by atoms with Crippen molar-refractivity contribution in [3.8, 4) is 22.3 Å². The lowest BCUT2D eigenvalue weighted by Gasteiger charge is -2.43. The Balaban J connectivity index is 1.45. The first-order valence-corrected chi connectivity index (χ1v) is 21.8. The van der Waals surface area contributed by atoms with E-state index in [4.69, 9.17) is 0 Å². The first-order chi connectivity index (χ1) is 26.8. The largest absolute Gasteiger partial charge is 0.311 e. The van der Waals surface area contributed by atoms with E-state index >= 15 is 0 Å². The van der Waals surface area contributed by atoms with Crippen LogP contribution in [0.2, 0.25) is 0 Å². The Labute approximate surface area is 335 Å². The highest BCUT2D eigenvalue weighted by Gasteiger charge is 2.43. The lowest BCUT2D eigenvalue weighted by atomic mass is 9.34. The molecule has 0 unspecified atom stereocenters. The molecule has 2 aliphatic heterocycles. The third-order valence-corrected chi connectivity index (χ3v) is 13.0. The maximum Gasteiger partial charge on any atom is 0.249 e. The summed E-state index contributed by atoms with van der Waals surface area (Å²) < 4.78 is 0. The Morgan fingerprint density at radius 3 is 1.67 bits per heavy atom. The molecule has 3 heteroatoms. The summed E-state index contributed by atoms with van der Waals surface area (Å²) in [7, 11) is 0. The lowest BCUT2D eigenvalue weighted by Crippen LogP contribution is -2.60. The molecule has 0 atom stereocenters. The van der Waals surface area contributed by atoms with Crippen LogP contribution in [0.5, 0.6) is 0 Å². The number of hydrogen-bond acceptors (Lipinski definition) is 2. The van der Waals surface area contributed by atoms with Crippen LogP contribution < -0.4 is 21.3 Å². The topological polar surface area (TPSA) is 3.24 Å². The molecule has 8 rings (SSSR count). The van der Waals surface area contributed by atoms with E-state index in [1.54, 1.807) is 0 Å². The smallest absolute Gasteiger partial charge is 0.249 e. The van der Waals surface area contributed by atoms with Crippen LogP contribution >= 0.6 is 11.8 Å². The maximum absolute atomic E-state index is 2.75. The minimum absolute atomic E-state index is 0.00222. The van der Waals surface area contributed by atoms with Gasteiger partial charge in [-0.3, -0.25) is 0 Å². The van der Waals surface area contributed by atoms with Gasteiger partial charge in [0.1, 0.15) is 0 Å². The van der Waals surface area contributed by atoms with Crippen LogP contribution in [0, 0.1) is 0 Å². The molecule has 6 aromatic rings. The summed E-state index contributed by atoms with van der Waals surface area (Å²) in [4.78, 5) is 5.52. The summed E-state index contributed by atoms with van der Waals surface area (Å²) in [5, 5.41) is 0. The van der Waals surface area contributed by atoms with Gasteiger partial charge in [0, 0.05) is 21.2 Å². The van der Waals surface area contributed by atoms with E-state index in [0.717, 1.165) is 19.3 Å². The number of nitrogens with zero attached hydrogens (tertiary/aromatic N) is 1. The molecular weight excluding hydrogens is 681 g/mol. The van der Waals surface area contributed by atoms with Crippen molar-refractivity contribution in [2.75, 3.05) is 4.90 Å². The van der Waals surface area contributed by atoms with Gasteiger partial charge in [0.2, 0.25) is 6.71 Å². The van der Waals surface area contributed by atoms with E-state index in [9.17, 15) is 0 Å². The molecule has 0 bridgehead atoms. The van der Waals surface area contributed by atoms with Crippen molar-refractivity contribution in [1.82, 2.24) is 0 Å². The molecule has 278 valence electrons. The van der Waals surface area contributed by atoms with Crippen LogP contribution in [0.1, 0.15) is 102 Å². The maximum atomic E-state index is 2.75. The number of anilines is 3. The predicted molar refractivity (Wildman–Crippen MR) is 242 cm³/mol. The highest BCUT2D eigenvalue weighted by molar-refractivity contribution is 8.00. The van der Waals surface area contributed by atoms with Gasteiger partial charge in [-0.1, -0.05) is 175 Å². The summed E-state index contributed by atoms with van der Waals surface area (Å²) in [6.07, 6.45) is 10.6. The lowest BCUT2D eigenvalue weighted by molar-refractivity contribution is 0.589. The minimum atomic E-state index is 0.00222. The van der Waals surface area contributed by atoms with Gasteiger partial charge >= 0.3 is 0 Å². The van der Waals surface area contributed by atoms with Crippen molar-refractivity contribution in [2.45, 2.75) is 115 Å². The highest BCUT2D eigenvalue weighted by atomic mass is 32.2. The molecule has 2 aliphatic rings. The normalized spacial score (nSPS) is 13.1. The molecule has 0 saturated heterocycles. The Bertz CT molecular complexity index is 2270. The zero-order valence-corrected chi connectivity index (χ0v) is 34.7. The van der Waals surface area contributed by atoms with Crippen molar-refractivity contribution in [1.29, 1.82) is 0 Å². The molecule has 0 amide bonds. The standard InChI is InChI=1S/C52H56BNS/c1-7-10-19-36-30-41(20-11-8-2)51(42(31-36)21-12-9-3)54-46-28-26-39(37-22-15-13-16-23-37)32-44(46)53-45-33-40(38-24-17-14-18-25-38)27-29-48(45)55-49-35-43(52(4,5)6)34-47(54)50(49)53/h13-18,22-35H,7-12,19-21H2,1-6H3. The summed E-state index contributed by atoms with van der Waals surface area (Å²) in [6.45, 7) is 14.2. The Kier molecular flexibility index (Phi) is 10.9. The zero-order chi connectivity index (χ0) is 38.1. The first kappa shape index (κ1) is 37.5. The molecule has 0 radical (unpaired) electrons. The Hall–Kier alpha value is -4.47. The summed E-state index contributed by atoms with van der Waals surface area (Å²) in [5.74, 6) is 0. The average Bonchev–Trinajstić information content (AvgIpc) is 3.21. The fraction of sp³-hybridized carbons (Fsp3) is 0.308. The van der Waals surface area contributed by atoms with Gasteiger partial charge in [0.05, 0.1) is 5.69 Å². The molecule has 0 fully saturated rings. The fourth-order valence-corrected chi connectivity index (χ4v) is 10.00. The summed E-state index contributed by atoms with van der Waals surface area (Å²) in [6, 6.07) is 46.8. The molecule has 6 aromatic carbocycles. The van der Waals surface area contributed by atoms with E-state index in [-0.39, 0.29) is 12.1 Å². The second-order valence-corrected chi connectivity index (χ2v) is 17.9. The average molecular weight is 738 g/mol. The molecule has 2 heterocycles. The monoisotopic (exact) mass is 737 g/mol. The van der Waals surface area contributed by atoms with Crippen LogP contribution in [0.3, 0.4) is 0 Å². The summed E-state index contributed by atoms with van der Waals surface area (Å²) >= 11 is 1.98. The van der Waals surface area contributed by atoms with E-state index in [1.807, 2.05) is 11.8 Å². The predicted octanol–water partition coefficient (Wildman–Crippen LogP) is 13.1. The molecule has 0 aromatic heterocycles. The first-order valence-electron chi connectivity index (χ1n) is 21.0. The second-order valence-electron chi connectivity index (χ2n) is 16.9. The zero-order valence-electron chi connectivity index (χ0n) is 33.8. The molecule has 0 aliphatic carbocycles. The Morgan fingerprint density at radius 2 is 1.09 bits per heavy atom. The van der Waals surface area contributed by atoms with Gasteiger partial charge < -0.3 is 4.90 Å². The van der Waals surface area contributed by atoms with Gasteiger partial charge in [-0.05, 0) is 124 Å². The van der Waals surface area contributed by atoms with Crippen LogP contribution in [0.15, 0.2) is 131 Å². The van der Waals surface area contributed by atoms with Crippen molar-refractivity contribution in [2.24, 2.45) is 0 Å². The molecule has 0 N–H and O–H groups in total. The Morgan fingerprint density at radius 1 is 0.527 bits per heavy atom. The van der Waals surface area contributed by atoms with Crippen molar-refractivity contribution < 1.29 is 0 Å². The number of fused-ring (bicyclic) bond motifs is 4. The van der Waals surface area contributed by atoms with Crippen molar-refractivity contribution in [3.63, 3.8) is 0 Å². The number of benzene rings is 6. The third kappa shape index (κ3) is 7.33. The van der Waals surface area contributed by atoms with Crippen LogP contribution in [-0.2, 0) is 24.7 Å². The molecule has 0 spiro atoms. The van der Waals surface area contributed by atoms with Gasteiger partial charge in [-0.15, -0.1) is 0 Å². The molecule has 1 nitrogen and oxygen atoms in total. The summed E-state index contributed by atoms with van der Waals surface area (Å²) in [5.41, 5.74) is 19.5. The van der Waals surface area contributed by atoms with E-state index < -0.39 is 0 Å². The van der Waals surface area contributed by atoms with E-state index in [0.29, 0.717) is 0 Å². The van der Waals surface area contributed by atoms with Gasteiger partial charge in [-0.2, -0.15) is 0 Å². The third-order valence-electron chi connectivity index (χ3n) is 11.8. The van der Waals surface area contributed by atoms with Crippen LogP contribution in [-0.4, -0.2) is 6.71 Å². The van der Waals surface area contributed by atoms with E-state index in [1.165, 1.54) is 126 Å². The fourth-order valence-electron chi connectivity index (χ4n) is 8.81. The molecule has 0 saturated carbocycles. The number of hydrogen-bond donors (Lipinski definition) is 0. The van der Waals surface area contributed by atoms with Crippen molar-refractivity contribution >= 4 is 51.9 Å². The number of aryl methyl sites for hydroxylation is 3. The van der Waals surface area contributed by atoms with Gasteiger partial charge in [0.25, 0.3) is 0 Å². The van der Waals surface area contributed by atoms with Crippen molar-refractivity contribution in [3.05, 3.63) is 144 Å². The van der Waals surface area contributed by atoms with E-state index in [2.05, 4.69) is 168 Å². The second kappa shape index (κ2) is 15.9. The molecule has 55 heavy (non-hydrogen) atoms. The molecular formula is C52H56BNS. The van der Waals surface area contributed by atoms with Gasteiger partial charge in [0.15, 0.2) is 0 Å².